The first-order valence-electron chi connectivity index (χ1n) is 5.32. The highest BCUT2D eigenvalue weighted by Crippen LogP contribution is 2.17. The van der Waals surface area contributed by atoms with Crippen LogP contribution in [0.5, 0.6) is 5.75 Å². The first-order chi connectivity index (χ1) is 7.52. The fraction of sp³-hybridized carbons (Fsp3) is 0.385. The molecule has 0 fully saturated rings. The summed E-state index contributed by atoms with van der Waals surface area (Å²) in [6.45, 7) is 6.67. The van der Waals surface area contributed by atoms with E-state index in [1.165, 1.54) is 0 Å². The van der Waals surface area contributed by atoms with Gasteiger partial charge in [-0.15, -0.1) is 0 Å². The Bertz CT molecular complexity index is 397. The Kier molecular flexibility index (Phi) is 4.23. The largest absolute Gasteiger partial charge is 0.493 e. The van der Waals surface area contributed by atoms with E-state index in [4.69, 9.17) is 10.1 Å². The number of hydrogen-bond donors (Lipinski definition) is 1. The topological polar surface area (TPSA) is 50.2 Å². The molecule has 1 aromatic carbocycles. The van der Waals surface area contributed by atoms with Crippen LogP contribution in [0.2, 0.25) is 0 Å². The standard InChI is InChI=1S/C13H17NO2/c1-9(2)8-16-12-5-10(3)4-11(6-12)13(15)7-14/h4-7,9,14H,8H2,1-3H3. The van der Waals surface area contributed by atoms with E-state index in [-0.39, 0.29) is 5.78 Å². The zero-order valence-corrected chi connectivity index (χ0v) is 9.91. The zero-order valence-electron chi connectivity index (χ0n) is 9.91. The maximum absolute atomic E-state index is 11.4. The quantitative estimate of drug-likeness (QED) is 0.611. The van der Waals surface area contributed by atoms with Crippen molar-refractivity contribution in [3.8, 4) is 5.75 Å². The molecule has 1 rings (SSSR count). The summed E-state index contributed by atoms with van der Waals surface area (Å²) >= 11 is 0. The van der Waals surface area contributed by atoms with E-state index in [9.17, 15) is 4.79 Å². The lowest BCUT2D eigenvalue weighted by atomic mass is 10.1. The minimum absolute atomic E-state index is 0.293. The van der Waals surface area contributed by atoms with Gasteiger partial charge in [0, 0.05) is 5.56 Å². The van der Waals surface area contributed by atoms with Crippen molar-refractivity contribution in [3.63, 3.8) is 0 Å². The van der Waals surface area contributed by atoms with Crippen LogP contribution in [0.4, 0.5) is 0 Å². The Morgan fingerprint density at radius 1 is 1.44 bits per heavy atom. The Balaban J connectivity index is 2.89. The van der Waals surface area contributed by atoms with Crippen molar-refractivity contribution in [2.45, 2.75) is 20.8 Å². The van der Waals surface area contributed by atoms with Gasteiger partial charge in [-0.3, -0.25) is 4.79 Å². The Morgan fingerprint density at radius 2 is 2.12 bits per heavy atom. The average molecular weight is 219 g/mol. The van der Waals surface area contributed by atoms with Crippen LogP contribution in [0.1, 0.15) is 29.8 Å². The molecule has 0 saturated carbocycles. The molecule has 0 aromatic heterocycles. The van der Waals surface area contributed by atoms with Crippen LogP contribution in [0.3, 0.4) is 0 Å². The predicted molar refractivity (Wildman–Crippen MR) is 64.6 cm³/mol. The third kappa shape index (κ3) is 3.50. The molecule has 3 heteroatoms. The van der Waals surface area contributed by atoms with Gasteiger partial charge < -0.3 is 10.1 Å². The molecule has 0 radical (unpaired) electrons. The number of hydrogen-bond acceptors (Lipinski definition) is 3. The number of nitrogens with one attached hydrogen (secondary N) is 1. The van der Waals surface area contributed by atoms with Crippen molar-refractivity contribution in [2.75, 3.05) is 6.61 Å². The molecule has 3 nitrogen and oxygen atoms in total. The van der Waals surface area contributed by atoms with E-state index >= 15 is 0 Å². The van der Waals surface area contributed by atoms with Crippen molar-refractivity contribution in [1.82, 2.24) is 0 Å². The van der Waals surface area contributed by atoms with Gasteiger partial charge >= 0.3 is 0 Å². The number of ether oxygens (including phenoxy) is 1. The number of rotatable bonds is 5. The summed E-state index contributed by atoms with van der Waals surface area (Å²) in [6.07, 6.45) is 0.820. The highest BCUT2D eigenvalue weighted by Gasteiger charge is 2.06. The van der Waals surface area contributed by atoms with E-state index in [0.717, 1.165) is 11.8 Å². The summed E-state index contributed by atoms with van der Waals surface area (Å²) in [7, 11) is 0. The molecule has 1 N–H and O–H groups in total. The molecular formula is C13H17NO2. The second-order valence-electron chi connectivity index (χ2n) is 4.25. The van der Waals surface area contributed by atoms with Crippen LogP contribution in [-0.4, -0.2) is 18.6 Å². The summed E-state index contributed by atoms with van der Waals surface area (Å²) in [6, 6.07) is 5.33. The molecule has 0 bridgehead atoms. The molecule has 0 atom stereocenters. The Morgan fingerprint density at radius 3 is 2.69 bits per heavy atom. The molecule has 0 unspecified atom stereocenters. The SMILES string of the molecule is Cc1cc(OCC(C)C)cc(C(=O)C=N)c1. The van der Waals surface area contributed by atoms with E-state index in [2.05, 4.69) is 13.8 Å². The molecule has 0 spiro atoms. The Hall–Kier alpha value is -1.64. The van der Waals surface area contributed by atoms with E-state index in [1.807, 2.05) is 13.0 Å². The molecule has 0 heterocycles. The van der Waals surface area contributed by atoms with Crippen molar-refractivity contribution in [3.05, 3.63) is 29.3 Å². The lowest BCUT2D eigenvalue weighted by Crippen LogP contribution is -2.06. The molecule has 1 aromatic rings. The van der Waals surface area contributed by atoms with Gasteiger partial charge in [0.25, 0.3) is 0 Å². The van der Waals surface area contributed by atoms with Gasteiger partial charge in [-0.25, -0.2) is 0 Å². The molecule has 86 valence electrons. The summed E-state index contributed by atoms with van der Waals surface area (Å²) < 4.78 is 5.56. The summed E-state index contributed by atoms with van der Waals surface area (Å²) in [5, 5.41) is 6.94. The van der Waals surface area contributed by atoms with Crippen LogP contribution >= 0.6 is 0 Å². The summed E-state index contributed by atoms with van der Waals surface area (Å²) in [5.41, 5.74) is 1.47. The second-order valence-corrected chi connectivity index (χ2v) is 4.25. The van der Waals surface area contributed by atoms with Crippen LogP contribution in [0, 0.1) is 18.3 Å². The van der Waals surface area contributed by atoms with E-state index in [0.29, 0.717) is 23.8 Å². The number of ketones is 1. The maximum atomic E-state index is 11.4. The molecular weight excluding hydrogens is 202 g/mol. The number of benzene rings is 1. The van der Waals surface area contributed by atoms with Crippen LogP contribution < -0.4 is 4.74 Å². The third-order valence-corrected chi connectivity index (χ3v) is 2.05. The number of Topliss-reactive ketones (excluding diaryl/α,β-unsaturated/α-hetero) is 1. The van der Waals surface area contributed by atoms with Crippen molar-refractivity contribution < 1.29 is 9.53 Å². The van der Waals surface area contributed by atoms with Crippen molar-refractivity contribution >= 4 is 12.0 Å². The number of carbonyl (C=O) groups excluding carboxylic acids is 1. The van der Waals surface area contributed by atoms with Gasteiger partial charge in [-0.05, 0) is 36.6 Å². The summed E-state index contributed by atoms with van der Waals surface area (Å²) in [4.78, 5) is 11.4. The smallest absolute Gasteiger partial charge is 0.203 e. The lowest BCUT2D eigenvalue weighted by Gasteiger charge is -2.10. The molecule has 0 aliphatic rings. The highest BCUT2D eigenvalue weighted by atomic mass is 16.5. The van der Waals surface area contributed by atoms with Crippen molar-refractivity contribution in [2.24, 2.45) is 5.92 Å². The van der Waals surface area contributed by atoms with E-state index < -0.39 is 0 Å². The average Bonchev–Trinajstić information content (AvgIpc) is 2.24. The highest BCUT2D eigenvalue weighted by molar-refractivity contribution is 6.34. The van der Waals surface area contributed by atoms with Crippen LogP contribution in [-0.2, 0) is 0 Å². The van der Waals surface area contributed by atoms with Crippen LogP contribution in [0.15, 0.2) is 18.2 Å². The number of carbonyl (C=O) groups is 1. The third-order valence-electron chi connectivity index (χ3n) is 2.05. The van der Waals surface area contributed by atoms with Gasteiger partial charge in [-0.1, -0.05) is 13.8 Å². The van der Waals surface area contributed by atoms with Gasteiger partial charge in [-0.2, -0.15) is 0 Å². The van der Waals surface area contributed by atoms with Crippen molar-refractivity contribution in [1.29, 1.82) is 5.41 Å². The lowest BCUT2D eigenvalue weighted by molar-refractivity contribution is 0.106. The fourth-order valence-corrected chi connectivity index (χ4v) is 1.32. The van der Waals surface area contributed by atoms with Gasteiger partial charge in [0.2, 0.25) is 5.78 Å². The van der Waals surface area contributed by atoms with Gasteiger partial charge in [0.15, 0.2) is 0 Å². The normalized spacial score (nSPS) is 10.2. The zero-order chi connectivity index (χ0) is 12.1. The Labute approximate surface area is 95.9 Å². The molecule has 0 amide bonds. The molecule has 16 heavy (non-hydrogen) atoms. The molecule has 0 aliphatic carbocycles. The minimum Gasteiger partial charge on any atom is -0.493 e. The predicted octanol–water partition coefficient (Wildman–Crippen LogP) is 2.86. The number of aryl methyl sites for hydroxylation is 1. The van der Waals surface area contributed by atoms with Crippen LogP contribution in [0.25, 0.3) is 0 Å². The summed E-state index contributed by atoms with van der Waals surface area (Å²) in [5.74, 6) is 0.847. The second kappa shape index (κ2) is 5.45. The first-order valence-corrected chi connectivity index (χ1v) is 5.32. The van der Waals surface area contributed by atoms with E-state index in [1.54, 1.807) is 12.1 Å². The van der Waals surface area contributed by atoms with Gasteiger partial charge in [0.1, 0.15) is 5.75 Å². The molecule has 0 aliphatic heterocycles. The minimum atomic E-state index is -0.293. The maximum Gasteiger partial charge on any atom is 0.203 e. The fourth-order valence-electron chi connectivity index (χ4n) is 1.32. The monoisotopic (exact) mass is 219 g/mol. The molecule has 0 saturated heterocycles. The van der Waals surface area contributed by atoms with Gasteiger partial charge in [0.05, 0.1) is 12.8 Å². The first kappa shape index (κ1) is 12.4.